The number of rotatable bonds is 4. The summed E-state index contributed by atoms with van der Waals surface area (Å²) in [5.74, 6) is 5.05. The molecule has 0 aliphatic rings. The highest BCUT2D eigenvalue weighted by Gasteiger charge is 2.15. The maximum atomic E-state index is 12.1. The van der Waals surface area contributed by atoms with Crippen LogP contribution in [0.15, 0.2) is 34.9 Å². The Labute approximate surface area is 120 Å². The lowest BCUT2D eigenvalue weighted by molar-refractivity contribution is 0.350. The minimum absolute atomic E-state index is 0.0267. The van der Waals surface area contributed by atoms with Gasteiger partial charge < -0.3 is 5.11 Å². The molecule has 2 rings (SSSR count). The Bertz CT molecular complexity index is 731. The van der Waals surface area contributed by atoms with Crippen molar-refractivity contribution in [2.45, 2.75) is 11.4 Å². The average molecular weight is 309 g/mol. The number of hydrogen-bond donors (Lipinski definition) is 2. The van der Waals surface area contributed by atoms with Crippen molar-refractivity contribution in [1.29, 1.82) is 0 Å². The summed E-state index contributed by atoms with van der Waals surface area (Å²) in [5.41, 5.74) is 0.427. The molecule has 0 saturated carbocycles. The van der Waals surface area contributed by atoms with Crippen LogP contribution in [-0.2, 0) is 16.6 Å². The average Bonchev–Trinajstić information content (AvgIpc) is 2.97. The van der Waals surface area contributed by atoms with Crippen LogP contribution in [0.3, 0.4) is 0 Å². The van der Waals surface area contributed by atoms with Gasteiger partial charge in [0, 0.05) is 29.5 Å². The van der Waals surface area contributed by atoms with Crippen molar-refractivity contribution in [2.24, 2.45) is 0 Å². The van der Waals surface area contributed by atoms with E-state index in [9.17, 15) is 8.42 Å². The molecule has 0 saturated heterocycles. The van der Waals surface area contributed by atoms with E-state index in [0.29, 0.717) is 10.6 Å². The number of nitrogens with zero attached hydrogens (tertiary/aromatic N) is 2. The van der Waals surface area contributed by atoms with Crippen LogP contribution in [0.1, 0.15) is 10.6 Å². The topological polar surface area (TPSA) is 92.2 Å². The number of nitrogens with one attached hydrogen (secondary N) is 1. The highest BCUT2D eigenvalue weighted by atomic mass is 32.2. The SMILES string of the molecule is O=S(=O)(NCc1nccs1)c1cncc(C#CCO)c1. The van der Waals surface area contributed by atoms with Crippen LogP contribution >= 0.6 is 11.3 Å². The molecule has 0 amide bonds. The Kier molecular flexibility index (Phi) is 4.81. The van der Waals surface area contributed by atoms with Gasteiger partial charge in [0.05, 0.1) is 6.54 Å². The monoisotopic (exact) mass is 309 g/mol. The van der Waals surface area contributed by atoms with Crippen LogP contribution in [0.4, 0.5) is 0 Å². The van der Waals surface area contributed by atoms with Crippen molar-refractivity contribution in [3.63, 3.8) is 0 Å². The number of thiazole rings is 1. The van der Waals surface area contributed by atoms with Gasteiger partial charge in [0.2, 0.25) is 10.0 Å². The van der Waals surface area contributed by atoms with Crippen LogP contribution in [-0.4, -0.2) is 30.1 Å². The summed E-state index contributed by atoms with van der Waals surface area (Å²) in [6.45, 7) is -0.161. The predicted molar refractivity (Wildman–Crippen MR) is 74.3 cm³/mol. The molecule has 0 atom stereocenters. The van der Waals surface area contributed by atoms with E-state index in [0.717, 1.165) is 0 Å². The van der Waals surface area contributed by atoms with Gasteiger partial charge in [0.15, 0.2) is 0 Å². The first-order chi connectivity index (χ1) is 9.62. The first-order valence-electron chi connectivity index (χ1n) is 5.54. The predicted octanol–water partition coefficient (Wildman–Crippen LogP) is 0.360. The van der Waals surface area contributed by atoms with Crippen LogP contribution in [0.2, 0.25) is 0 Å². The molecule has 104 valence electrons. The third-order valence-electron chi connectivity index (χ3n) is 2.23. The van der Waals surface area contributed by atoms with E-state index in [2.05, 4.69) is 26.5 Å². The van der Waals surface area contributed by atoms with Crippen molar-refractivity contribution in [3.05, 3.63) is 40.6 Å². The molecule has 2 heterocycles. The fourth-order valence-electron chi connectivity index (χ4n) is 1.36. The van der Waals surface area contributed by atoms with Gasteiger partial charge in [-0.25, -0.2) is 18.1 Å². The van der Waals surface area contributed by atoms with E-state index in [4.69, 9.17) is 5.11 Å². The highest BCUT2D eigenvalue weighted by molar-refractivity contribution is 7.89. The van der Waals surface area contributed by atoms with Crippen LogP contribution in [0, 0.1) is 11.8 Å². The second kappa shape index (κ2) is 6.58. The van der Waals surface area contributed by atoms with E-state index >= 15 is 0 Å². The number of aromatic nitrogens is 2. The molecule has 2 aromatic heterocycles. The van der Waals surface area contributed by atoms with E-state index in [1.54, 1.807) is 11.6 Å². The van der Waals surface area contributed by atoms with E-state index in [-0.39, 0.29) is 18.0 Å². The lowest BCUT2D eigenvalue weighted by atomic mass is 10.3. The molecule has 0 aliphatic carbocycles. The quantitative estimate of drug-likeness (QED) is 0.796. The fraction of sp³-hybridized carbons (Fsp3) is 0.167. The Hall–Kier alpha value is -1.79. The second-order valence-electron chi connectivity index (χ2n) is 3.62. The largest absolute Gasteiger partial charge is 0.384 e. The molecular formula is C12H11N3O3S2. The van der Waals surface area contributed by atoms with Crippen molar-refractivity contribution in [2.75, 3.05) is 6.61 Å². The second-order valence-corrected chi connectivity index (χ2v) is 6.37. The van der Waals surface area contributed by atoms with Crippen LogP contribution < -0.4 is 4.72 Å². The molecule has 0 aliphatic heterocycles. The summed E-state index contributed by atoms with van der Waals surface area (Å²) in [6.07, 6.45) is 4.29. The van der Waals surface area contributed by atoms with Crippen molar-refractivity contribution in [1.82, 2.24) is 14.7 Å². The molecule has 8 heteroatoms. The molecule has 20 heavy (non-hydrogen) atoms. The lowest BCUT2D eigenvalue weighted by Crippen LogP contribution is -2.23. The molecular weight excluding hydrogens is 298 g/mol. The minimum atomic E-state index is -3.66. The summed E-state index contributed by atoms with van der Waals surface area (Å²) in [6, 6.07) is 1.40. The van der Waals surface area contributed by atoms with Gasteiger partial charge in [-0.2, -0.15) is 0 Å². The number of sulfonamides is 1. The molecule has 0 spiro atoms. The zero-order valence-electron chi connectivity index (χ0n) is 10.3. The molecule has 0 bridgehead atoms. The van der Waals surface area contributed by atoms with E-state index in [1.807, 2.05) is 0 Å². The van der Waals surface area contributed by atoms with Crippen molar-refractivity contribution in [3.8, 4) is 11.8 Å². The van der Waals surface area contributed by atoms with Gasteiger partial charge in [-0.05, 0) is 6.07 Å². The van der Waals surface area contributed by atoms with Gasteiger partial charge in [-0.15, -0.1) is 11.3 Å². The molecule has 6 nitrogen and oxygen atoms in total. The van der Waals surface area contributed by atoms with Gasteiger partial charge in [-0.1, -0.05) is 11.8 Å². The van der Waals surface area contributed by atoms with Gasteiger partial charge >= 0.3 is 0 Å². The summed E-state index contributed by atoms with van der Waals surface area (Å²) >= 11 is 1.37. The molecule has 2 aromatic rings. The van der Waals surface area contributed by atoms with Crippen molar-refractivity contribution >= 4 is 21.4 Å². The Morgan fingerprint density at radius 2 is 2.25 bits per heavy atom. The van der Waals surface area contributed by atoms with Gasteiger partial charge in [0.25, 0.3) is 0 Å². The first kappa shape index (κ1) is 14.6. The summed E-state index contributed by atoms with van der Waals surface area (Å²) in [7, 11) is -3.66. The number of pyridine rings is 1. The number of hydrogen-bond acceptors (Lipinski definition) is 6. The van der Waals surface area contributed by atoms with Crippen molar-refractivity contribution < 1.29 is 13.5 Å². The summed E-state index contributed by atoms with van der Waals surface area (Å²) in [5, 5.41) is 11.1. The van der Waals surface area contributed by atoms with Gasteiger partial charge in [-0.3, -0.25) is 4.98 Å². The Morgan fingerprint density at radius 3 is 2.95 bits per heavy atom. The first-order valence-corrected chi connectivity index (χ1v) is 7.91. The standard InChI is InChI=1S/C12H11N3O3S2/c16-4-1-2-10-6-11(8-13-7-10)20(17,18)15-9-12-14-3-5-19-12/h3,5-8,15-16H,4,9H2. The maximum absolute atomic E-state index is 12.1. The molecule has 0 aromatic carbocycles. The van der Waals surface area contributed by atoms with Gasteiger partial charge in [0.1, 0.15) is 16.5 Å². The van der Waals surface area contributed by atoms with E-state index in [1.165, 1.54) is 29.8 Å². The molecule has 0 radical (unpaired) electrons. The van der Waals surface area contributed by atoms with Crippen LogP contribution in [0.25, 0.3) is 0 Å². The third-order valence-corrected chi connectivity index (χ3v) is 4.38. The normalized spacial score (nSPS) is 10.8. The zero-order chi connectivity index (χ0) is 14.4. The smallest absolute Gasteiger partial charge is 0.242 e. The van der Waals surface area contributed by atoms with E-state index < -0.39 is 10.0 Å². The fourth-order valence-corrected chi connectivity index (χ4v) is 2.98. The number of aliphatic hydroxyl groups is 1. The third kappa shape index (κ3) is 3.85. The minimum Gasteiger partial charge on any atom is -0.384 e. The maximum Gasteiger partial charge on any atom is 0.242 e. The zero-order valence-corrected chi connectivity index (χ0v) is 11.9. The number of aliphatic hydroxyl groups excluding tert-OH is 1. The highest BCUT2D eigenvalue weighted by Crippen LogP contribution is 2.10. The molecule has 2 N–H and O–H groups in total. The summed E-state index contributed by atoms with van der Waals surface area (Å²) < 4.78 is 26.6. The molecule has 0 unspecified atom stereocenters. The lowest BCUT2D eigenvalue weighted by Gasteiger charge is -2.05. The summed E-state index contributed by atoms with van der Waals surface area (Å²) in [4.78, 5) is 7.86. The Morgan fingerprint density at radius 1 is 1.40 bits per heavy atom. The van der Waals surface area contributed by atoms with Crippen LogP contribution in [0.5, 0.6) is 0 Å². The molecule has 0 fully saturated rings. The Balaban J connectivity index is 2.16.